The van der Waals surface area contributed by atoms with Gasteiger partial charge < -0.3 is 5.32 Å². The van der Waals surface area contributed by atoms with Crippen molar-refractivity contribution in [2.45, 2.75) is 43.1 Å². The van der Waals surface area contributed by atoms with Crippen LogP contribution < -0.4 is 10.9 Å². The van der Waals surface area contributed by atoms with E-state index in [2.05, 4.69) is 20.1 Å². The van der Waals surface area contributed by atoms with E-state index in [1.807, 2.05) is 68.7 Å². The number of thioether (sulfide) groups is 1. The highest BCUT2D eigenvalue weighted by Gasteiger charge is 2.32. The molecule has 0 radical (unpaired) electrons. The summed E-state index contributed by atoms with van der Waals surface area (Å²) in [6.45, 7) is 3.65. The SMILES string of the molecule is Cc1c(NC(=O)[C@@H](C)Sc2nnc(-c3cccs3)n2C2CC2)c(=O)n(-c2ccccc2)n1C. The molecule has 0 unspecified atom stereocenters. The molecule has 4 aromatic rings. The second-order valence-electron chi connectivity index (χ2n) is 8.07. The summed E-state index contributed by atoms with van der Waals surface area (Å²) in [5.74, 6) is 0.612. The molecule has 3 aromatic heterocycles. The highest BCUT2D eigenvalue weighted by atomic mass is 32.2. The van der Waals surface area contributed by atoms with E-state index in [1.165, 1.54) is 11.8 Å². The molecule has 0 saturated heterocycles. The number of carbonyl (C=O) groups excluding carboxylic acids is 1. The normalized spacial score (nSPS) is 14.4. The average Bonchev–Trinajstić information content (AvgIpc) is 3.25. The minimum atomic E-state index is -0.452. The van der Waals surface area contributed by atoms with Crippen molar-refractivity contribution in [1.29, 1.82) is 0 Å². The van der Waals surface area contributed by atoms with Crippen LogP contribution in [0.5, 0.6) is 0 Å². The van der Waals surface area contributed by atoms with Gasteiger partial charge in [0.15, 0.2) is 11.0 Å². The molecule has 10 heteroatoms. The number of para-hydroxylation sites is 1. The molecule has 1 amide bonds. The van der Waals surface area contributed by atoms with Crippen LogP contribution in [0.25, 0.3) is 16.4 Å². The van der Waals surface area contributed by atoms with E-state index in [-0.39, 0.29) is 11.5 Å². The van der Waals surface area contributed by atoms with Crippen LogP contribution in [-0.4, -0.2) is 35.3 Å². The van der Waals surface area contributed by atoms with E-state index in [9.17, 15) is 9.59 Å². The fourth-order valence-corrected chi connectivity index (χ4v) is 5.37. The lowest BCUT2D eigenvalue weighted by molar-refractivity contribution is -0.115. The Kier molecular flexibility index (Phi) is 5.71. The average molecular weight is 481 g/mol. The zero-order chi connectivity index (χ0) is 23.1. The molecular formula is C23H24N6O2S2. The lowest BCUT2D eigenvalue weighted by Gasteiger charge is -2.12. The standard InChI is InChI=1S/C23H24N6O2S2/c1-14-19(22(31)29(27(14)3)17-8-5-4-6-9-17)24-21(30)15(2)33-23-26-25-20(18-10-7-13-32-18)28(23)16-11-12-16/h4-10,13,15-16H,11-12H2,1-3H3,(H,24,30)/t15-/m1/s1. The molecule has 8 nitrogen and oxygen atoms in total. The van der Waals surface area contributed by atoms with Gasteiger partial charge in [0.2, 0.25) is 5.91 Å². The number of anilines is 1. The monoisotopic (exact) mass is 480 g/mol. The van der Waals surface area contributed by atoms with Crippen molar-refractivity contribution in [3.63, 3.8) is 0 Å². The van der Waals surface area contributed by atoms with Gasteiger partial charge in [0.25, 0.3) is 5.56 Å². The van der Waals surface area contributed by atoms with Gasteiger partial charge in [-0.15, -0.1) is 21.5 Å². The van der Waals surface area contributed by atoms with Crippen molar-refractivity contribution in [2.75, 3.05) is 5.32 Å². The summed E-state index contributed by atoms with van der Waals surface area (Å²) in [4.78, 5) is 27.2. The van der Waals surface area contributed by atoms with E-state index in [0.29, 0.717) is 17.4 Å². The molecule has 3 heterocycles. The number of amides is 1. The van der Waals surface area contributed by atoms with Crippen molar-refractivity contribution < 1.29 is 4.79 Å². The van der Waals surface area contributed by atoms with Crippen LogP contribution in [0, 0.1) is 6.92 Å². The fraction of sp³-hybridized carbons (Fsp3) is 0.304. The highest BCUT2D eigenvalue weighted by molar-refractivity contribution is 8.00. The van der Waals surface area contributed by atoms with Crippen molar-refractivity contribution in [3.05, 3.63) is 63.9 Å². The van der Waals surface area contributed by atoms with Crippen LogP contribution in [0.1, 0.15) is 31.5 Å². The molecule has 0 spiro atoms. The maximum atomic E-state index is 13.1. The molecule has 0 bridgehead atoms. The summed E-state index contributed by atoms with van der Waals surface area (Å²) in [6.07, 6.45) is 2.18. The Labute approximate surface area is 199 Å². The third-order valence-electron chi connectivity index (χ3n) is 5.77. The molecule has 1 aromatic carbocycles. The smallest absolute Gasteiger partial charge is 0.295 e. The van der Waals surface area contributed by atoms with Gasteiger partial charge in [-0.2, -0.15) is 0 Å². The molecular weight excluding hydrogens is 456 g/mol. The predicted octanol–water partition coefficient (Wildman–Crippen LogP) is 4.26. The van der Waals surface area contributed by atoms with Gasteiger partial charge in [-0.25, -0.2) is 4.68 Å². The predicted molar refractivity (Wildman–Crippen MR) is 131 cm³/mol. The lowest BCUT2D eigenvalue weighted by Crippen LogP contribution is -2.27. The number of thiophene rings is 1. The topological polar surface area (TPSA) is 86.7 Å². The van der Waals surface area contributed by atoms with E-state index in [0.717, 1.165) is 34.4 Å². The second kappa shape index (κ2) is 8.68. The maximum Gasteiger partial charge on any atom is 0.295 e. The van der Waals surface area contributed by atoms with Crippen LogP contribution in [0.4, 0.5) is 5.69 Å². The summed E-state index contributed by atoms with van der Waals surface area (Å²) >= 11 is 3.00. The number of nitrogens with one attached hydrogen (secondary N) is 1. The number of benzene rings is 1. The zero-order valence-electron chi connectivity index (χ0n) is 18.6. The minimum absolute atomic E-state index is 0.242. The van der Waals surface area contributed by atoms with Gasteiger partial charge >= 0.3 is 0 Å². The number of hydrogen-bond acceptors (Lipinski definition) is 6. The second-order valence-corrected chi connectivity index (χ2v) is 10.3. The van der Waals surface area contributed by atoms with Gasteiger partial charge in [-0.1, -0.05) is 36.0 Å². The Morgan fingerprint density at radius 3 is 2.61 bits per heavy atom. The number of aromatic nitrogens is 5. The van der Waals surface area contributed by atoms with Gasteiger partial charge in [0, 0.05) is 13.1 Å². The lowest BCUT2D eigenvalue weighted by atomic mass is 10.3. The Balaban J connectivity index is 1.38. The highest BCUT2D eigenvalue weighted by Crippen LogP contribution is 2.42. The number of rotatable bonds is 7. The molecule has 1 N–H and O–H groups in total. The molecule has 1 saturated carbocycles. The molecule has 1 aliphatic rings. The Morgan fingerprint density at radius 1 is 1.18 bits per heavy atom. The van der Waals surface area contributed by atoms with Crippen LogP contribution in [-0.2, 0) is 11.8 Å². The maximum absolute atomic E-state index is 13.1. The fourth-order valence-electron chi connectivity index (χ4n) is 3.74. The third kappa shape index (κ3) is 4.04. The van der Waals surface area contributed by atoms with Gasteiger partial charge in [0.1, 0.15) is 5.69 Å². The third-order valence-corrected chi connectivity index (χ3v) is 7.69. The molecule has 1 atom stereocenters. The van der Waals surface area contributed by atoms with Gasteiger partial charge in [0.05, 0.1) is 21.5 Å². The molecule has 170 valence electrons. The van der Waals surface area contributed by atoms with Crippen LogP contribution in [0.3, 0.4) is 0 Å². The van der Waals surface area contributed by atoms with Crippen molar-refractivity contribution in [3.8, 4) is 16.4 Å². The van der Waals surface area contributed by atoms with Crippen LogP contribution >= 0.6 is 23.1 Å². The minimum Gasteiger partial charge on any atom is -0.319 e. The number of nitrogens with zero attached hydrogens (tertiary/aromatic N) is 5. The van der Waals surface area contributed by atoms with E-state index < -0.39 is 5.25 Å². The van der Waals surface area contributed by atoms with Crippen molar-refractivity contribution in [1.82, 2.24) is 24.1 Å². The molecule has 0 aliphatic heterocycles. The van der Waals surface area contributed by atoms with Crippen molar-refractivity contribution in [2.24, 2.45) is 7.05 Å². The number of carbonyl (C=O) groups is 1. The van der Waals surface area contributed by atoms with Gasteiger partial charge in [-0.3, -0.25) is 18.8 Å². The summed E-state index contributed by atoms with van der Waals surface area (Å²) < 4.78 is 5.46. The molecule has 1 fully saturated rings. The molecule has 33 heavy (non-hydrogen) atoms. The summed E-state index contributed by atoms with van der Waals surface area (Å²) in [5, 5.41) is 14.0. The zero-order valence-corrected chi connectivity index (χ0v) is 20.2. The van der Waals surface area contributed by atoms with Crippen LogP contribution in [0.2, 0.25) is 0 Å². The summed E-state index contributed by atoms with van der Waals surface area (Å²) in [6, 6.07) is 13.8. The first kappa shape index (κ1) is 21.7. The largest absolute Gasteiger partial charge is 0.319 e. The first-order valence-corrected chi connectivity index (χ1v) is 12.5. The number of hydrogen-bond donors (Lipinski definition) is 1. The van der Waals surface area contributed by atoms with E-state index >= 15 is 0 Å². The molecule has 1 aliphatic carbocycles. The van der Waals surface area contributed by atoms with Crippen LogP contribution in [0.15, 0.2) is 57.8 Å². The van der Waals surface area contributed by atoms with E-state index in [4.69, 9.17) is 0 Å². The first-order chi connectivity index (χ1) is 16.0. The van der Waals surface area contributed by atoms with E-state index in [1.54, 1.807) is 20.7 Å². The van der Waals surface area contributed by atoms with Crippen molar-refractivity contribution >= 4 is 34.7 Å². The first-order valence-electron chi connectivity index (χ1n) is 10.8. The Bertz CT molecular complexity index is 1350. The Morgan fingerprint density at radius 2 is 1.94 bits per heavy atom. The quantitative estimate of drug-likeness (QED) is 0.400. The van der Waals surface area contributed by atoms with Gasteiger partial charge in [-0.05, 0) is 50.3 Å². The molecule has 5 rings (SSSR count). The summed E-state index contributed by atoms with van der Waals surface area (Å²) in [7, 11) is 1.81. The Hall–Kier alpha value is -3.11. The summed E-state index contributed by atoms with van der Waals surface area (Å²) in [5.41, 5.74) is 1.47.